The number of carbonyl (C=O) groups is 1. The van der Waals surface area contributed by atoms with Gasteiger partial charge in [0.2, 0.25) is 0 Å². The van der Waals surface area contributed by atoms with Crippen LogP contribution in [0.5, 0.6) is 0 Å². The highest BCUT2D eigenvalue weighted by molar-refractivity contribution is 7.20. The molecule has 0 fully saturated rings. The second-order valence-electron chi connectivity index (χ2n) is 4.86. The topological polar surface area (TPSA) is 46.9 Å². The number of hydrogen-bond acceptors (Lipinski definition) is 3. The molecular weight excluding hydrogens is 270 g/mol. The maximum Gasteiger partial charge on any atom is 0.266 e. The predicted octanol–water partition coefficient (Wildman–Crippen LogP) is 3.93. The lowest BCUT2D eigenvalue weighted by atomic mass is 10.2. The molecule has 0 aliphatic carbocycles. The molecule has 20 heavy (non-hydrogen) atoms. The van der Waals surface area contributed by atoms with Crippen LogP contribution in [-0.4, -0.2) is 15.7 Å². The van der Waals surface area contributed by atoms with Crippen LogP contribution in [0.4, 0.5) is 5.82 Å². The second kappa shape index (κ2) is 5.09. The molecule has 0 saturated carbocycles. The summed E-state index contributed by atoms with van der Waals surface area (Å²) < 4.78 is 2.92. The van der Waals surface area contributed by atoms with Gasteiger partial charge in [0, 0.05) is 16.8 Å². The monoisotopic (exact) mass is 285 g/mol. The van der Waals surface area contributed by atoms with E-state index in [0.29, 0.717) is 4.88 Å². The van der Waals surface area contributed by atoms with Crippen molar-refractivity contribution in [3.63, 3.8) is 0 Å². The number of hydrogen-bond donors (Lipinski definition) is 1. The molecule has 0 atom stereocenters. The van der Waals surface area contributed by atoms with Crippen LogP contribution in [-0.2, 0) is 0 Å². The van der Waals surface area contributed by atoms with Crippen molar-refractivity contribution < 1.29 is 4.79 Å². The highest BCUT2D eigenvalue weighted by Crippen LogP contribution is 2.26. The van der Waals surface area contributed by atoms with Gasteiger partial charge in [-0.25, -0.2) is 4.68 Å². The van der Waals surface area contributed by atoms with Gasteiger partial charge in [-0.1, -0.05) is 18.2 Å². The summed E-state index contributed by atoms with van der Waals surface area (Å²) in [5.41, 5.74) is 0. The van der Waals surface area contributed by atoms with Crippen molar-refractivity contribution >= 4 is 33.1 Å². The van der Waals surface area contributed by atoms with Crippen LogP contribution in [0.25, 0.3) is 10.1 Å². The summed E-state index contributed by atoms with van der Waals surface area (Å²) in [6, 6.07) is 11.9. The Hall–Kier alpha value is -2.14. The van der Waals surface area contributed by atoms with E-state index in [9.17, 15) is 4.79 Å². The number of nitrogens with zero attached hydrogens (tertiary/aromatic N) is 2. The Morgan fingerprint density at radius 3 is 2.85 bits per heavy atom. The summed E-state index contributed by atoms with van der Waals surface area (Å²) in [6.07, 6.45) is 1.69. The van der Waals surface area contributed by atoms with Gasteiger partial charge in [0.15, 0.2) is 0 Å². The summed E-state index contributed by atoms with van der Waals surface area (Å²) >= 11 is 1.50. The minimum Gasteiger partial charge on any atom is -0.306 e. The Balaban J connectivity index is 1.87. The van der Waals surface area contributed by atoms with Crippen LogP contribution < -0.4 is 5.32 Å². The molecule has 0 unspecified atom stereocenters. The number of amides is 1. The van der Waals surface area contributed by atoms with Gasteiger partial charge in [-0.2, -0.15) is 5.10 Å². The van der Waals surface area contributed by atoms with E-state index in [1.807, 2.05) is 50.2 Å². The lowest BCUT2D eigenvalue weighted by molar-refractivity contribution is 0.102. The molecule has 0 radical (unpaired) electrons. The molecule has 102 valence electrons. The number of rotatable bonds is 3. The van der Waals surface area contributed by atoms with Gasteiger partial charge >= 0.3 is 0 Å². The minimum atomic E-state index is -0.0893. The van der Waals surface area contributed by atoms with Crippen LogP contribution in [0.2, 0.25) is 0 Å². The van der Waals surface area contributed by atoms with Crippen molar-refractivity contribution in [3.8, 4) is 0 Å². The van der Waals surface area contributed by atoms with Crippen LogP contribution in [0, 0.1) is 0 Å². The first-order valence-corrected chi connectivity index (χ1v) is 7.30. The zero-order valence-electron chi connectivity index (χ0n) is 11.3. The first kappa shape index (κ1) is 12.9. The number of thiophene rings is 1. The van der Waals surface area contributed by atoms with E-state index < -0.39 is 0 Å². The van der Waals surface area contributed by atoms with E-state index in [0.717, 1.165) is 15.9 Å². The average Bonchev–Trinajstić information content (AvgIpc) is 3.03. The van der Waals surface area contributed by atoms with Crippen molar-refractivity contribution in [2.24, 2.45) is 0 Å². The molecule has 5 heteroatoms. The summed E-state index contributed by atoms with van der Waals surface area (Å²) in [6.45, 7) is 4.06. The maximum absolute atomic E-state index is 12.3. The fourth-order valence-electron chi connectivity index (χ4n) is 2.10. The number of nitrogens with one attached hydrogen (secondary N) is 1. The number of benzene rings is 1. The fourth-order valence-corrected chi connectivity index (χ4v) is 3.05. The van der Waals surface area contributed by atoms with Crippen molar-refractivity contribution in [2.45, 2.75) is 19.9 Å². The molecule has 2 heterocycles. The molecule has 0 saturated heterocycles. The van der Waals surface area contributed by atoms with Gasteiger partial charge in [0.1, 0.15) is 5.82 Å². The van der Waals surface area contributed by atoms with Gasteiger partial charge < -0.3 is 5.32 Å². The van der Waals surface area contributed by atoms with Gasteiger partial charge in [0.25, 0.3) is 5.91 Å². The minimum absolute atomic E-state index is 0.0893. The van der Waals surface area contributed by atoms with Gasteiger partial charge in [0.05, 0.1) is 11.1 Å². The van der Waals surface area contributed by atoms with E-state index in [4.69, 9.17) is 0 Å². The third-order valence-corrected chi connectivity index (χ3v) is 4.17. The molecule has 0 bridgehead atoms. The summed E-state index contributed by atoms with van der Waals surface area (Å²) in [5.74, 6) is 0.635. The molecule has 3 aromatic rings. The molecule has 0 aliphatic heterocycles. The van der Waals surface area contributed by atoms with Crippen LogP contribution >= 0.6 is 11.3 Å². The Kier molecular flexibility index (Phi) is 3.28. The lowest BCUT2D eigenvalue weighted by Gasteiger charge is -2.11. The Labute approximate surface area is 121 Å². The van der Waals surface area contributed by atoms with E-state index in [2.05, 4.69) is 10.4 Å². The van der Waals surface area contributed by atoms with E-state index in [1.54, 1.807) is 10.9 Å². The zero-order valence-corrected chi connectivity index (χ0v) is 12.1. The lowest BCUT2D eigenvalue weighted by Crippen LogP contribution is -2.15. The third kappa shape index (κ3) is 2.32. The molecule has 2 aromatic heterocycles. The Bertz CT molecular complexity index is 724. The molecule has 3 rings (SSSR count). The number of anilines is 1. The molecular formula is C15H15N3OS. The highest BCUT2D eigenvalue weighted by Gasteiger charge is 2.13. The van der Waals surface area contributed by atoms with Crippen molar-refractivity contribution in [1.82, 2.24) is 9.78 Å². The van der Waals surface area contributed by atoms with E-state index in [-0.39, 0.29) is 11.9 Å². The number of aromatic nitrogens is 2. The standard InChI is InChI=1S/C15H15N3OS/c1-10(2)18-14(7-8-16-18)17-15(19)13-9-11-5-3-4-6-12(11)20-13/h3-10H,1-2H3,(H,17,19). The zero-order chi connectivity index (χ0) is 14.1. The molecule has 4 nitrogen and oxygen atoms in total. The van der Waals surface area contributed by atoms with Gasteiger partial charge in [-0.15, -0.1) is 11.3 Å². The van der Waals surface area contributed by atoms with Crippen molar-refractivity contribution in [2.75, 3.05) is 5.32 Å². The smallest absolute Gasteiger partial charge is 0.266 e. The average molecular weight is 285 g/mol. The van der Waals surface area contributed by atoms with Crippen LogP contribution in [0.1, 0.15) is 29.6 Å². The second-order valence-corrected chi connectivity index (χ2v) is 5.94. The molecule has 0 spiro atoms. The first-order valence-electron chi connectivity index (χ1n) is 6.48. The quantitative estimate of drug-likeness (QED) is 0.792. The summed E-state index contributed by atoms with van der Waals surface area (Å²) in [4.78, 5) is 13.0. The third-order valence-electron chi connectivity index (χ3n) is 3.05. The number of fused-ring (bicyclic) bond motifs is 1. The van der Waals surface area contributed by atoms with Crippen LogP contribution in [0.3, 0.4) is 0 Å². The van der Waals surface area contributed by atoms with Crippen molar-refractivity contribution in [1.29, 1.82) is 0 Å². The predicted molar refractivity (Wildman–Crippen MR) is 82.4 cm³/mol. The number of carbonyl (C=O) groups excluding carboxylic acids is 1. The van der Waals surface area contributed by atoms with Gasteiger partial charge in [-0.05, 0) is 31.4 Å². The largest absolute Gasteiger partial charge is 0.306 e. The van der Waals surface area contributed by atoms with Gasteiger partial charge in [-0.3, -0.25) is 4.79 Å². The van der Waals surface area contributed by atoms with E-state index >= 15 is 0 Å². The van der Waals surface area contributed by atoms with E-state index in [1.165, 1.54) is 11.3 Å². The maximum atomic E-state index is 12.3. The molecule has 0 aliphatic rings. The molecule has 1 N–H and O–H groups in total. The SMILES string of the molecule is CC(C)n1nccc1NC(=O)c1cc2ccccc2s1. The Morgan fingerprint density at radius 2 is 2.10 bits per heavy atom. The fraction of sp³-hybridized carbons (Fsp3) is 0.200. The first-order chi connectivity index (χ1) is 9.65. The van der Waals surface area contributed by atoms with Crippen molar-refractivity contribution in [3.05, 3.63) is 47.5 Å². The molecule has 1 aromatic carbocycles. The normalized spacial score (nSPS) is 11.2. The Morgan fingerprint density at radius 1 is 1.30 bits per heavy atom. The molecule has 1 amide bonds. The van der Waals surface area contributed by atoms with Crippen LogP contribution in [0.15, 0.2) is 42.6 Å². The summed E-state index contributed by atoms with van der Waals surface area (Å²) in [5, 5.41) is 8.23. The summed E-state index contributed by atoms with van der Waals surface area (Å²) in [7, 11) is 0. The highest BCUT2D eigenvalue weighted by atomic mass is 32.1.